The van der Waals surface area contributed by atoms with Crippen LogP contribution < -0.4 is 0 Å². The second-order valence-corrected chi connectivity index (χ2v) is 4.27. The predicted molar refractivity (Wildman–Crippen MR) is 71.6 cm³/mol. The van der Waals surface area contributed by atoms with Crippen molar-refractivity contribution in [2.45, 2.75) is 13.3 Å². The molecule has 0 atom stereocenters. The smallest absolute Gasteiger partial charge is 0.169 e. The lowest BCUT2D eigenvalue weighted by Gasteiger charge is -2.09. The van der Waals surface area contributed by atoms with Crippen LogP contribution in [0.4, 0.5) is 0 Å². The molecular formula is C14H13N3O2. The van der Waals surface area contributed by atoms with E-state index in [0.717, 1.165) is 5.56 Å². The number of phenolic OH excluding ortho intramolecular Hbond substituents is 2. The van der Waals surface area contributed by atoms with Gasteiger partial charge in [0.15, 0.2) is 5.69 Å². The van der Waals surface area contributed by atoms with E-state index in [9.17, 15) is 10.2 Å². The van der Waals surface area contributed by atoms with Gasteiger partial charge in [-0.2, -0.15) is 0 Å². The van der Waals surface area contributed by atoms with Gasteiger partial charge >= 0.3 is 0 Å². The Hall–Kier alpha value is -2.56. The molecule has 2 aromatic carbocycles. The van der Waals surface area contributed by atoms with Crippen LogP contribution in [0.5, 0.6) is 11.5 Å². The molecule has 5 nitrogen and oxygen atoms in total. The number of aromatic hydroxyl groups is 2. The Morgan fingerprint density at radius 2 is 1.63 bits per heavy atom. The topological polar surface area (TPSA) is 71.2 Å². The van der Waals surface area contributed by atoms with Gasteiger partial charge in [-0.25, -0.2) is 0 Å². The molecule has 0 saturated carbocycles. The third kappa shape index (κ3) is 1.79. The van der Waals surface area contributed by atoms with Gasteiger partial charge in [0.2, 0.25) is 0 Å². The Labute approximate surface area is 109 Å². The van der Waals surface area contributed by atoms with Crippen LogP contribution in [0.2, 0.25) is 0 Å². The molecule has 0 aliphatic carbocycles. The van der Waals surface area contributed by atoms with E-state index in [4.69, 9.17) is 0 Å². The molecule has 1 aromatic heterocycles. The predicted octanol–water partition coefficient (Wildman–Crippen LogP) is 2.39. The van der Waals surface area contributed by atoms with E-state index < -0.39 is 0 Å². The van der Waals surface area contributed by atoms with Gasteiger partial charge in [0.1, 0.15) is 22.5 Å². The van der Waals surface area contributed by atoms with Crippen LogP contribution >= 0.6 is 0 Å². The maximum atomic E-state index is 10.2. The molecule has 0 aliphatic heterocycles. The molecule has 0 amide bonds. The lowest BCUT2D eigenvalue weighted by molar-refractivity contribution is 0.435. The third-order valence-electron chi connectivity index (χ3n) is 3.08. The van der Waals surface area contributed by atoms with Gasteiger partial charge in [-0.05, 0) is 30.2 Å². The van der Waals surface area contributed by atoms with Crippen molar-refractivity contribution >= 4 is 11.0 Å². The van der Waals surface area contributed by atoms with E-state index in [1.807, 2.05) is 31.2 Å². The summed E-state index contributed by atoms with van der Waals surface area (Å²) in [4.78, 5) is 1.27. The monoisotopic (exact) mass is 255 g/mol. The molecule has 0 unspecified atom stereocenters. The number of phenols is 2. The minimum Gasteiger partial charge on any atom is -0.505 e. The molecule has 0 bridgehead atoms. The maximum Gasteiger partial charge on any atom is 0.169 e. The van der Waals surface area contributed by atoms with Crippen molar-refractivity contribution in [3.05, 3.63) is 42.0 Å². The van der Waals surface area contributed by atoms with Crippen LogP contribution in [0.25, 0.3) is 16.7 Å². The lowest BCUT2D eigenvalue weighted by atomic mass is 10.1. The Balaban J connectivity index is 2.26. The minimum atomic E-state index is -0.0463. The molecule has 19 heavy (non-hydrogen) atoms. The number of fused-ring (bicyclic) bond motifs is 1. The Kier molecular flexibility index (Phi) is 2.59. The standard InChI is InChI=1S/C14H13N3O2/c1-2-9-7-8-12(18)13(14(9)19)17-15-10-5-3-4-6-11(10)16-17/h3-8,18-19H,2H2,1H3. The van der Waals surface area contributed by atoms with E-state index >= 15 is 0 Å². The number of hydrogen-bond acceptors (Lipinski definition) is 4. The fourth-order valence-corrected chi connectivity index (χ4v) is 2.05. The fourth-order valence-electron chi connectivity index (χ4n) is 2.05. The highest BCUT2D eigenvalue weighted by Crippen LogP contribution is 2.33. The number of benzene rings is 2. The summed E-state index contributed by atoms with van der Waals surface area (Å²) in [5.41, 5.74) is 2.39. The van der Waals surface area contributed by atoms with Gasteiger partial charge in [0.25, 0.3) is 0 Å². The van der Waals surface area contributed by atoms with Crippen LogP contribution in [-0.2, 0) is 6.42 Å². The van der Waals surface area contributed by atoms with E-state index in [-0.39, 0.29) is 17.2 Å². The van der Waals surface area contributed by atoms with Crippen LogP contribution in [0.3, 0.4) is 0 Å². The largest absolute Gasteiger partial charge is 0.505 e. The molecule has 0 saturated heterocycles. The summed E-state index contributed by atoms with van der Waals surface area (Å²) in [5.74, 6) is -0.0298. The van der Waals surface area contributed by atoms with Crippen molar-refractivity contribution in [2.75, 3.05) is 0 Å². The molecular weight excluding hydrogens is 242 g/mol. The highest BCUT2D eigenvalue weighted by molar-refractivity contribution is 5.74. The number of rotatable bonds is 2. The van der Waals surface area contributed by atoms with E-state index in [2.05, 4.69) is 10.2 Å². The van der Waals surface area contributed by atoms with Crippen LogP contribution in [0, 0.1) is 0 Å². The summed E-state index contributed by atoms with van der Waals surface area (Å²) in [6.07, 6.45) is 0.667. The zero-order chi connectivity index (χ0) is 13.4. The first-order chi connectivity index (χ1) is 9.20. The zero-order valence-electron chi connectivity index (χ0n) is 10.4. The van der Waals surface area contributed by atoms with Crippen LogP contribution in [-0.4, -0.2) is 25.2 Å². The summed E-state index contributed by atoms with van der Waals surface area (Å²) in [7, 11) is 0. The molecule has 0 aliphatic rings. The SMILES string of the molecule is CCc1ccc(O)c(-n2nc3ccccc3n2)c1O. The normalized spacial score (nSPS) is 11.0. The molecule has 96 valence electrons. The number of nitrogens with zero attached hydrogens (tertiary/aromatic N) is 3. The Morgan fingerprint density at radius 1 is 1.00 bits per heavy atom. The fraction of sp³-hybridized carbons (Fsp3) is 0.143. The van der Waals surface area contributed by atoms with Gasteiger partial charge in [0.05, 0.1) is 0 Å². The molecule has 5 heteroatoms. The molecule has 0 radical (unpaired) electrons. The average molecular weight is 255 g/mol. The summed E-state index contributed by atoms with van der Waals surface area (Å²) in [5, 5.41) is 28.6. The van der Waals surface area contributed by atoms with Gasteiger partial charge in [-0.3, -0.25) is 0 Å². The molecule has 2 N–H and O–H groups in total. The van der Waals surface area contributed by atoms with Crippen molar-refractivity contribution in [1.29, 1.82) is 0 Å². The van der Waals surface area contributed by atoms with Crippen molar-refractivity contribution in [3.63, 3.8) is 0 Å². The average Bonchev–Trinajstić information content (AvgIpc) is 2.82. The van der Waals surface area contributed by atoms with Gasteiger partial charge in [-0.15, -0.1) is 15.0 Å². The van der Waals surface area contributed by atoms with Gasteiger partial charge in [-0.1, -0.05) is 25.1 Å². The lowest BCUT2D eigenvalue weighted by Crippen LogP contribution is -2.01. The summed E-state index contributed by atoms with van der Waals surface area (Å²) in [6.45, 7) is 1.93. The molecule has 3 aromatic rings. The van der Waals surface area contributed by atoms with E-state index in [1.54, 1.807) is 12.1 Å². The minimum absolute atomic E-state index is 0.0165. The Morgan fingerprint density at radius 3 is 2.21 bits per heavy atom. The first-order valence-corrected chi connectivity index (χ1v) is 6.07. The molecule has 3 rings (SSSR count). The molecule has 1 heterocycles. The van der Waals surface area contributed by atoms with E-state index in [1.165, 1.54) is 4.80 Å². The maximum absolute atomic E-state index is 10.2. The van der Waals surface area contributed by atoms with Crippen molar-refractivity contribution in [1.82, 2.24) is 15.0 Å². The molecule has 0 spiro atoms. The highest BCUT2D eigenvalue weighted by atomic mass is 16.3. The van der Waals surface area contributed by atoms with E-state index in [0.29, 0.717) is 17.5 Å². The number of aryl methyl sites for hydroxylation is 1. The highest BCUT2D eigenvalue weighted by Gasteiger charge is 2.16. The summed E-state index contributed by atoms with van der Waals surface area (Å²) < 4.78 is 0. The molecule has 0 fully saturated rings. The van der Waals surface area contributed by atoms with Crippen LogP contribution in [0.15, 0.2) is 36.4 Å². The summed E-state index contributed by atoms with van der Waals surface area (Å²) >= 11 is 0. The number of hydrogen-bond donors (Lipinski definition) is 2. The summed E-state index contributed by atoms with van der Waals surface area (Å²) in [6, 6.07) is 10.6. The van der Waals surface area contributed by atoms with Crippen LogP contribution in [0.1, 0.15) is 12.5 Å². The first kappa shape index (κ1) is 11.5. The second kappa shape index (κ2) is 4.28. The van der Waals surface area contributed by atoms with Crippen molar-refractivity contribution in [2.24, 2.45) is 0 Å². The second-order valence-electron chi connectivity index (χ2n) is 4.27. The quantitative estimate of drug-likeness (QED) is 0.737. The van der Waals surface area contributed by atoms with Crippen molar-refractivity contribution < 1.29 is 10.2 Å². The third-order valence-corrected chi connectivity index (χ3v) is 3.08. The van der Waals surface area contributed by atoms with Gasteiger partial charge < -0.3 is 10.2 Å². The van der Waals surface area contributed by atoms with Gasteiger partial charge in [0, 0.05) is 0 Å². The number of aromatic nitrogens is 3. The first-order valence-electron chi connectivity index (χ1n) is 6.07. The Bertz CT molecular complexity index is 717. The van der Waals surface area contributed by atoms with Crippen molar-refractivity contribution in [3.8, 4) is 17.2 Å². The zero-order valence-corrected chi connectivity index (χ0v) is 10.4.